The predicted molar refractivity (Wildman–Crippen MR) is 178 cm³/mol. The number of hydrogen-bond donors (Lipinski definition) is 3. The monoisotopic (exact) mass is 662 g/mol. The Balaban J connectivity index is 1.53. The van der Waals surface area contributed by atoms with Crippen LogP contribution in [0.4, 0.5) is 0 Å². The summed E-state index contributed by atoms with van der Waals surface area (Å²) in [6.07, 6.45) is 8.92. The molecule has 258 valence electrons. The summed E-state index contributed by atoms with van der Waals surface area (Å²) < 4.78 is 24.9. The van der Waals surface area contributed by atoms with Crippen molar-refractivity contribution >= 4 is 11.6 Å². The first-order chi connectivity index (χ1) is 23.4. The molecule has 1 fully saturated rings. The van der Waals surface area contributed by atoms with E-state index in [2.05, 4.69) is 17.8 Å². The smallest absolute Gasteiger partial charge is 0.254 e. The maximum atomic E-state index is 14.3. The largest absolute Gasteiger partial charge is 0.508 e. The van der Waals surface area contributed by atoms with Crippen molar-refractivity contribution in [2.45, 2.75) is 62.7 Å². The zero-order valence-electron chi connectivity index (χ0n) is 27.7. The minimum absolute atomic E-state index is 0.0811. The maximum absolute atomic E-state index is 14.3. The fourth-order valence-electron chi connectivity index (χ4n) is 8.22. The maximum Gasteiger partial charge on any atom is 0.254 e. The molecular weight excluding hydrogens is 616 g/mol. The summed E-state index contributed by atoms with van der Waals surface area (Å²) in [7, 11) is 3.27. The number of phenols is 1. The van der Waals surface area contributed by atoms with E-state index < -0.39 is 17.7 Å². The molecule has 11 nitrogen and oxygen atoms in total. The number of carbonyl (C=O) groups is 1. The van der Waals surface area contributed by atoms with Gasteiger partial charge in [-0.1, -0.05) is 30.1 Å². The average molecular weight is 663 g/mol. The first kappa shape index (κ1) is 33.8. The zero-order chi connectivity index (χ0) is 33.8. The van der Waals surface area contributed by atoms with Crippen LogP contribution in [0.5, 0.6) is 23.0 Å². The molecule has 0 radical (unpaired) electrons. The third-order valence-corrected chi connectivity index (χ3v) is 10.3. The van der Waals surface area contributed by atoms with E-state index >= 15 is 0 Å². The van der Waals surface area contributed by atoms with Gasteiger partial charge in [-0.3, -0.25) is 4.79 Å². The highest BCUT2D eigenvalue weighted by molar-refractivity contribution is 6.03. The van der Waals surface area contributed by atoms with E-state index in [0.717, 1.165) is 36.8 Å². The minimum Gasteiger partial charge on any atom is -0.508 e. The van der Waals surface area contributed by atoms with Crippen molar-refractivity contribution in [1.29, 1.82) is 0 Å². The summed E-state index contributed by atoms with van der Waals surface area (Å²) in [6.45, 7) is 4.42. The van der Waals surface area contributed by atoms with Gasteiger partial charge in [0.25, 0.3) is 5.91 Å². The van der Waals surface area contributed by atoms with Crippen molar-refractivity contribution in [1.82, 2.24) is 4.90 Å². The summed E-state index contributed by atoms with van der Waals surface area (Å²) in [6, 6.07) is 9.66. The molecule has 48 heavy (non-hydrogen) atoms. The molecule has 2 aromatic rings. The van der Waals surface area contributed by atoms with Crippen molar-refractivity contribution in [3.05, 3.63) is 71.8 Å². The molecular formula is C37H46N2O9. The Morgan fingerprint density at radius 3 is 2.56 bits per heavy atom. The average Bonchev–Trinajstić information content (AvgIpc) is 3.57. The summed E-state index contributed by atoms with van der Waals surface area (Å²) in [4.78, 5) is 21.4. The molecule has 0 spiro atoms. The number of phenolic OH excluding ortho intramolecular Hbond substituents is 1. The summed E-state index contributed by atoms with van der Waals surface area (Å²) >= 11 is 0. The molecule has 6 rings (SSSR count). The van der Waals surface area contributed by atoms with Crippen molar-refractivity contribution in [3.8, 4) is 23.0 Å². The van der Waals surface area contributed by atoms with E-state index in [1.807, 2.05) is 0 Å². The quantitative estimate of drug-likeness (QED) is 0.142. The predicted octanol–water partition coefficient (Wildman–Crippen LogP) is 5.16. The first-order valence-corrected chi connectivity index (χ1v) is 16.8. The Kier molecular flexibility index (Phi) is 10.3. The van der Waals surface area contributed by atoms with Crippen molar-refractivity contribution < 1.29 is 43.9 Å². The second kappa shape index (κ2) is 14.6. The van der Waals surface area contributed by atoms with Crippen LogP contribution in [0.3, 0.4) is 0 Å². The van der Waals surface area contributed by atoms with Crippen LogP contribution in [-0.2, 0) is 9.57 Å². The number of aromatic hydroxyl groups is 1. The van der Waals surface area contributed by atoms with Crippen LogP contribution in [0, 0.1) is 17.8 Å². The lowest BCUT2D eigenvalue weighted by atomic mass is 9.55. The molecule has 2 aliphatic carbocycles. The molecule has 11 heteroatoms. The fourth-order valence-corrected chi connectivity index (χ4v) is 8.22. The zero-order valence-corrected chi connectivity index (χ0v) is 27.7. The number of nitrogens with zero attached hydrogens (tertiary/aromatic N) is 2. The molecule has 0 saturated heterocycles. The molecule has 0 bridgehead atoms. The number of aliphatic hydroxyl groups excluding tert-OH is 2. The number of carbonyl (C=O) groups excluding carboxylic acids is 1. The molecule has 4 aliphatic rings. The van der Waals surface area contributed by atoms with Gasteiger partial charge in [0.2, 0.25) is 12.6 Å². The second-order valence-corrected chi connectivity index (χ2v) is 13.0. The number of amides is 1. The van der Waals surface area contributed by atoms with Gasteiger partial charge in [0.05, 0.1) is 18.2 Å². The van der Waals surface area contributed by atoms with Gasteiger partial charge in [-0.25, -0.2) is 0 Å². The molecule has 6 atom stereocenters. The highest BCUT2D eigenvalue weighted by Crippen LogP contribution is 2.61. The number of likely N-dealkylation sites (N-methyl/N-ethyl adjacent to an activating group) is 1. The van der Waals surface area contributed by atoms with E-state index in [1.165, 1.54) is 7.11 Å². The van der Waals surface area contributed by atoms with Gasteiger partial charge < -0.3 is 44.0 Å². The third-order valence-electron chi connectivity index (χ3n) is 10.3. The van der Waals surface area contributed by atoms with E-state index in [-0.39, 0.29) is 56.0 Å². The van der Waals surface area contributed by atoms with Crippen molar-refractivity contribution in [2.75, 3.05) is 40.8 Å². The Bertz CT molecular complexity index is 1560. The highest BCUT2D eigenvalue weighted by atomic mass is 16.7. The van der Waals surface area contributed by atoms with Gasteiger partial charge >= 0.3 is 0 Å². The number of hydrogen-bond acceptors (Lipinski definition) is 10. The van der Waals surface area contributed by atoms with Gasteiger partial charge in [0, 0.05) is 43.7 Å². The number of unbranched alkanes of at least 4 members (excludes halogenated alkanes) is 2. The van der Waals surface area contributed by atoms with E-state index in [1.54, 1.807) is 54.4 Å². The summed E-state index contributed by atoms with van der Waals surface area (Å²) in [5, 5.41) is 34.6. The highest BCUT2D eigenvalue weighted by Gasteiger charge is 2.65. The molecule has 2 aromatic carbocycles. The van der Waals surface area contributed by atoms with Gasteiger partial charge in [-0.15, -0.1) is 6.58 Å². The molecule has 3 N–H and O–H groups in total. The van der Waals surface area contributed by atoms with Crippen LogP contribution >= 0.6 is 0 Å². The molecule has 0 unspecified atom stereocenters. The third kappa shape index (κ3) is 6.15. The number of benzene rings is 2. The second-order valence-electron chi connectivity index (χ2n) is 13.0. The molecule has 2 heterocycles. The van der Waals surface area contributed by atoms with E-state index in [9.17, 15) is 20.1 Å². The van der Waals surface area contributed by atoms with Crippen LogP contribution in [0.2, 0.25) is 0 Å². The van der Waals surface area contributed by atoms with Crippen molar-refractivity contribution in [3.63, 3.8) is 0 Å². The molecule has 2 aliphatic heterocycles. The molecule has 1 saturated carbocycles. The van der Waals surface area contributed by atoms with Crippen LogP contribution in [0.1, 0.15) is 66.8 Å². The topological polar surface area (TPSA) is 140 Å². The van der Waals surface area contributed by atoms with Gasteiger partial charge in [-0.2, -0.15) is 0 Å². The lowest BCUT2D eigenvalue weighted by Gasteiger charge is -2.59. The Morgan fingerprint density at radius 2 is 1.81 bits per heavy atom. The summed E-state index contributed by atoms with van der Waals surface area (Å²) in [5.41, 5.74) is 2.94. The van der Waals surface area contributed by atoms with Crippen LogP contribution in [0.25, 0.3) is 0 Å². The minimum atomic E-state index is -1.35. The van der Waals surface area contributed by atoms with Crippen LogP contribution in [0.15, 0.2) is 65.9 Å². The van der Waals surface area contributed by atoms with Crippen LogP contribution in [-0.4, -0.2) is 84.4 Å². The van der Waals surface area contributed by atoms with Gasteiger partial charge in [-0.05, 0) is 79.5 Å². The van der Waals surface area contributed by atoms with E-state index in [0.29, 0.717) is 47.8 Å². The Hall–Kier alpha value is -4.06. The standard InChI is InChI=1S/C37H46N2O9/c1-4-17-47-37-33(39(2)36(43)24-11-13-31-32(19-24)46-22-45-31)21-29(38-44-3)27-18-23(9-5-7-15-40)26(10-6-8-16-41)34(35(27)37)28-20-25(42)12-14-30(28)48-37/h4,11-14,18-20,23,26,33-35,40-42H,1,5-10,15-17,21-22H2,2-3H3/t23-,26+,33-,34+,35+,37+/m0/s1. The number of aliphatic hydroxyl groups is 2. The number of fused-ring (bicyclic) bond motifs is 3. The molecule has 0 aromatic heterocycles. The summed E-state index contributed by atoms with van der Waals surface area (Å²) in [5.74, 6) is -0.221. The van der Waals surface area contributed by atoms with Crippen LogP contribution < -0.4 is 14.2 Å². The Morgan fingerprint density at radius 1 is 1.06 bits per heavy atom. The molecule has 1 amide bonds. The normalized spacial score (nSPS) is 27.4. The van der Waals surface area contributed by atoms with Gasteiger partial charge in [0.15, 0.2) is 11.5 Å². The number of allylic oxidation sites excluding steroid dienone is 1. The number of rotatable bonds is 14. The SMILES string of the molecule is C=CCO[C@@]12Oc3ccc(O)cc3[C@H]3[C@H](CCCCO)[C@@H](CCCCO)C=C(C(=NOC)C[C@@H]1N(C)C(=O)c1ccc4c(c1)OCO4)[C@H]32. The lowest BCUT2D eigenvalue weighted by Crippen LogP contribution is -2.69. The lowest BCUT2D eigenvalue weighted by molar-refractivity contribution is -0.252. The number of oxime groups is 1. The van der Waals surface area contributed by atoms with Crippen molar-refractivity contribution in [2.24, 2.45) is 22.9 Å². The first-order valence-electron chi connectivity index (χ1n) is 16.8. The van der Waals surface area contributed by atoms with Gasteiger partial charge in [0.1, 0.15) is 24.7 Å². The Labute approximate surface area is 281 Å². The number of ether oxygens (including phenoxy) is 4. The van der Waals surface area contributed by atoms with E-state index in [4.69, 9.17) is 23.8 Å². The fraction of sp³-hybridized carbons (Fsp3) is 0.514.